The van der Waals surface area contributed by atoms with Crippen molar-refractivity contribution >= 4 is 27.3 Å². The van der Waals surface area contributed by atoms with E-state index < -0.39 is 0 Å². The van der Waals surface area contributed by atoms with Crippen molar-refractivity contribution < 1.29 is 4.74 Å². The van der Waals surface area contributed by atoms with E-state index in [9.17, 15) is 0 Å². The smallest absolute Gasteiger partial charge is 0.274 e. The Morgan fingerprint density at radius 2 is 2.33 bits per heavy atom. The maximum absolute atomic E-state index is 5.96. The first kappa shape index (κ1) is 11.4. The van der Waals surface area contributed by atoms with Crippen LogP contribution in [0.3, 0.4) is 0 Å². The van der Waals surface area contributed by atoms with E-state index in [-0.39, 0.29) is 0 Å². The predicted molar refractivity (Wildman–Crippen MR) is 66.5 cm³/mol. The lowest BCUT2D eigenvalue weighted by molar-refractivity contribution is 0.0899. The fourth-order valence-electron chi connectivity index (χ4n) is 2.22. The number of hydrogen-bond donors (Lipinski definition) is 0. The second-order valence-electron chi connectivity index (χ2n) is 4.05. The van der Waals surface area contributed by atoms with Gasteiger partial charge in [-0.3, -0.25) is 0 Å². The molecule has 1 heterocycles. The highest BCUT2D eigenvalue weighted by atomic mass is 79.9. The van der Waals surface area contributed by atoms with E-state index in [1.54, 1.807) is 11.3 Å². The van der Waals surface area contributed by atoms with Crippen LogP contribution in [0.4, 0.5) is 0 Å². The summed E-state index contributed by atoms with van der Waals surface area (Å²) in [4.78, 5) is 4.29. The molecule has 0 bridgehead atoms. The topological polar surface area (TPSA) is 22.1 Å². The van der Waals surface area contributed by atoms with Gasteiger partial charge in [0.2, 0.25) is 0 Å². The van der Waals surface area contributed by atoms with E-state index in [2.05, 4.69) is 27.8 Å². The summed E-state index contributed by atoms with van der Waals surface area (Å²) in [5.74, 6) is 0.724. The van der Waals surface area contributed by atoms with Crippen molar-refractivity contribution in [2.75, 3.05) is 0 Å². The van der Waals surface area contributed by atoms with Gasteiger partial charge >= 0.3 is 0 Å². The molecule has 0 saturated heterocycles. The molecule has 0 aliphatic heterocycles. The van der Waals surface area contributed by atoms with Gasteiger partial charge in [0.1, 0.15) is 10.7 Å². The molecule has 2 nitrogen and oxygen atoms in total. The third-order valence-electron chi connectivity index (χ3n) is 3.07. The van der Waals surface area contributed by atoms with Crippen molar-refractivity contribution in [1.82, 2.24) is 4.98 Å². The molecule has 1 aromatic heterocycles. The zero-order chi connectivity index (χ0) is 10.7. The minimum Gasteiger partial charge on any atom is -0.466 e. The normalized spacial score (nSPS) is 26.5. The quantitative estimate of drug-likeness (QED) is 0.830. The largest absolute Gasteiger partial charge is 0.466 e. The van der Waals surface area contributed by atoms with E-state index in [1.807, 2.05) is 5.38 Å². The number of rotatable bonds is 3. The average molecular weight is 290 g/mol. The fourth-order valence-corrected chi connectivity index (χ4v) is 3.36. The molecular weight excluding hydrogens is 274 g/mol. The average Bonchev–Trinajstić information content (AvgIpc) is 2.65. The zero-order valence-corrected chi connectivity index (χ0v) is 11.3. The Hall–Kier alpha value is -0.0900. The van der Waals surface area contributed by atoms with Crippen LogP contribution in [-0.2, 0) is 0 Å². The Kier molecular flexibility index (Phi) is 4.03. The Morgan fingerprint density at radius 3 is 3.00 bits per heavy atom. The van der Waals surface area contributed by atoms with Crippen LogP contribution in [0, 0.1) is 5.92 Å². The molecule has 1 aliphatic rings. The number of nitrogens with zero attached hydrogens (tertiary/aromatic N) is 1. The number of thiazole rings is 1. The maximum atomic E-state index is 5.96. The van der Waals surface area contributed by atoms with Crippen molar-refractivity contribution in [2.24, 2.45) is 5.92 Å². The highest BCUT2D eigenvalue weighted by Gasteiger charge is 2.25. The molecule has 0 aromatic carbocycles. The van der Waals surface area contributed by atoms with Gasteiger partial charge in [-0.05, 0) is 47.5 Å². The first-order chi connectivity index (χ1) is 7.29. The van der Waals surface area contributed by atoms with Gasteiger partial charge in [0.15, 0.2) is 0 Å². The van der Waals surface area contributed by atoms with E-state index in [4.69, 9.17) is 4.74 Å². The van der Waals surface area contributed by atoms with Crippen molar-refractivity contribution in [3.05, 3.63) is 9.98 Å². The van der Waals surface area contributed by atoms with Crippen LogP contribution in [0.2, 0.25) is 0 Å². The van der Waals surface area contributed by atoms with E-state index in [0.29, 0.717) is 6.10 Å². The molecule has 2 rings (SSSR count). The lowest BCUT2D eigenvalue weighted by Gasteiger charge is -2.30. The zero-order valence-electron chi connectivity index (χ0n) is 8.91. The molecule has 0 amide bonds. The summed E-state index contributed by atoms with van der Waals surface area (Å²) >= 11 is 4.92. The Balaban J connectivity index is 1.97. The molecule has 1 saturated carbocycles. The molecule has 1 aromatic rings. The second kappa shape index (κ2) is 5.30. The van der Waals surface area contributed by atoms with Crippen molar-refractivity contribution in [3.63, 3.8) is 0 Å². The summed E-state index contributed by atoms with van der Waals surface area (Å²) in [6.07, 6.45) is 6.77. The highest BCUT2D eigenvalue weighted by molar-refractivity contribution is 9.10. The van der Waals surface area contributed by atoms with Gasteiger partial charge in [0.25, 0.3) is 5.19 Å². The van der Waals surface area contributed by atoms with Gasteiger partial charge in [-0.15, -0.1) is 0 Å². The molecule has 2 unspecified atom stereocenters. The molecule has 1 fully saturated rings. The first-order valence-corrected chi connectivity index (χ1v) is 7.24. The van der Waals surface area contributed by atoms with Crippen LogP contribution in [-0.4, -0.2) is 11.1 Å². The van der Waals surface area contributed by atoms with E-state index in [0.717, 1.165) is 15.7 Å². The fraction of sp³-hybridized carbons (Fsp3) is 0.727. The Morgan fingerprint density at radius 1 is 1.53 bits per heavy atom. The predicted octanol–water partition coefficient (Wildman–Crippen LogP) is 4.25. The number of aromatic nitrogens is 1. The molecule has 2 atom stereocenters. The van der Waals surface area contributed by atoms with Gasteiger partial charge in [-0.1, -0.05) is 24.7 Å². The summed E-state index contributed by atoms with van der Waals surface area (Å²) in [5, 5.41) is 2.78. The van der Waals surface area contributed by atoms with Gasteiger partial charge < -0.3 is 4.74 Å². The SMILES string of the molecule is CCC1CCCCC1Oc1nc(Br)cs1. The van der Waals surface area contributed by atoms with Gasteiger partial charge in [-0.25, -0.2) is 0 Å². The van der Waals surface area contributed by atoms with Crippen molar-refractivity contribution in [1.29, 1.82) is 0 Å². The molecule has 0 N–H and O–H groups in total. The number of ether oxygens (including phenoxy) is 1. The first-order valence-electron chi connectivity index (χ1n) is 5.57. The minimum atomic E-state index is 0.391. The highest BCUT2D eigenvalue weighted by Crippen LogP contribution is 2.32. The van der Waals surface area contributed by atoms with Gasteiger partial charge in [-0.2, -0.15) is 4.98 Å². The molecule has 1 aliphatic carbocycles. The van der Waals surface area contributed by atoms with Crippen LogP contribution in [0.15, 0.2) is 9.98 Å². The number of hydrogen-bond acceptors (Lipinski definition) is 3. The lowest BCUT2D eigenvalue weighted by Crippen LogP contribution is -2.29. The third-order valence-corrected chi connectivity index (χ3v) is 4.51. The summed E-state index contributed by atoms with van der Waals surface area (Å²) in [6.45, 7) is 2.25. The molecule has 0 radical (unpaired) electrons. The summed E-state index contributed by atoms with van der Waals surface area (Å²) in [7, 11) is 0. The monoisotopic (exact) mass is 289 g/mol. The van der Waals surface area contributed by atoms with Crippen LogP contribution in [0.5, 0.6) is 5.19 Å². The summed E-state index contributed by atoms with van der Waals surface area (Å²) in [5.41, 5.74) is 0. The molecule has 15 heavy (non-hydrogen) atoms. The van der Waals surface area contributed by atoms with Crippen molar-refractivity contribution in [2.45, 2.75) is 45.1 Å². The van der Waals surface area contributed by atoms with Crippen molar-refractivity contribution in [3.8, 4) is 5.19 Å². The van der Waals surface area contributed by atoms with Crippen LogP contribution in [0.25, 0.3) is 0 Å². The molecule has 84 valence electrons. The van der Waals surface area contributed by atoms with Crippen LogP contribution < -0.4 is 4.74 Å². The molecule has 4 heteroatoms. The van der Waals surface area contributed by atoms with E-state index in [1.165, 1.54) is 32.1 Å². The maximum Gasteiger partial charge on any atom is 0.274 e. The van der Waals surface area contributed by atoms with E-state index >= 15 is 0 Å². The lowest BCUT2D eigenvalue weighted by atomic mass is 9.85. The summed E-state index contributed by atoms with van der Waals surface area (Å²) < 4.78 is 6.84. The summed E-state index contributed by atoms with van der Waals surface area (Å²) in [6, 6.07) is 0. The Bertz CT molecular complexity index is 315. The van der Waals surface area contributed by atoms with Gasteiger partial charge in [0, 0.05) is 5.38 Å². The van der Waals surface area contributed by atoms with Crippen LogP contribution >= 0.6 is 27.3 Å². The standard InChI is InChI=1S/C11H16BrNOS/c1-2-8-5-3-4-6-9(8)14-11-13-10(12)7-15-11/h7-9H,2-6H2,1H3. The number of halogens is 1. The minimum absolute atomic E-state index is 0.391. The third kappa shape index (κ3) is 2.94. The Labute approximate surface area is 103 Å². The molecule has 0 spiro atoms. The second-order valence-corrected chi connectivity index (χ2v) is 5.68. The molecular formula is C11H16BrNOS. The van der Waals surface area contributed by atoms with Gasteiger partial charge in [0.05, 0.1) is 0 Å². The van der Waals surface area contributed by atoms with Crippen LogP contribution in [0.1, 0.15) is 39.0 Å².